The Labute approximate surface area is 113 Å². The van der Waals surface area contributed by atoms with E-state index in [1.165, 1.54) is 22.5 Å². The highest BCUT2D eigenvalue weighted by molar-refractivity contribution is 8.00. The van der Waals surface area contributed by atoms with Gasteiger partial charge in [0.05, 0.1) is 0 Å². The molecule has 2 rings (SSSR count). The minimum Gasteiger partial charge on any atom is -0.290 e. The van der Waals surface area contributed by atoms with Crippen LogP contribution in [0.15, 0.2) is 33.6 Å². The molecule has 1 heterocycles. The molecule has 0 aliphatic heterocycles. The fraction of sp³-hybridized carbons (Fsp3) is 0.182. The van der Waals surface area contributed by atoms with E-state index in [0.29, 0.717) is 5.13 Å². The first-order valence-corrected chi connectivity index (χ1v) is 7.02. The lowest BCUT2D eigenvalue weighted by Gasteiger charge is -1.98. The van der Waals surface area contributed by atoms with Crippen molar-refractivity contribution in [3.8, 4) is 0 Å². The number of nitrogens with one attached hydrogen (secondary N) is 1. The van der Waals surface area contributed by atoms with E-state index in [1.54, 1.807) is 11.8 Å². The highest BCUT2D eigenvalue weighted by Crippen LogP contribution is 2.29. The van der Waals surface area contributed by atoms with Crippen LogP contribution in [0.4, 0.5) is 5.13 Å². The van der Waals surface area contributed by atoms with Gasteiger partial charge in [-0.2, -0.15) is 0 Å². The lowest BCUT2D eigenvalue weighted by molar-refractivity contribution is 0.240. The maximum Gasteiger partial charge on any atom is 0.233 e. The second-order valence-electron chi connectivity index (χ2n) is 3.51. The van der Waals surface area contributed by atoms with Crippen molar-refractivity contribution in [3.63, 3.8) is 0 Å². The average molecular weight is 280 g/mol. The summed E-state index contributed by atoms with van der Waals surface area (Å²) in [5.74, 6) is 0.858. The predicted molar refractivity (Wildman–Crippen MR) is 73.7 cm³/mol. The van der Waals surface area contributed by atoms with Crippen LogP contribution in [0, 0.1) is 6.92 Å². The van der Waals surface area contributed by atoms with E-state index >= 15 is 0 Å². The Kier molecular flexibility index (Phi) is 4.68. The molecule has 94 valence electrons. The van der Waals surface area contributed by atoms with E-state index in [4.69, 9.17) is 5.21 Å². The third kappa shape index (κ3) is 3.80. The van der Waals surface area contributed by atoms with Gasteiger partial charge in [-0.15, -0.1) is 10.2 Å². The molecule has 0 unspecified atom stereocenters. The molecule has 0 aliphatic rings. The largest absolute Gasteiger partial charge is 0.290 e. The maximum atomic E-state index is 8.36. The van der Waals surface area contributed by atoms with Gasteiger partial charge in [0, 0.05) is 5.75 Å². The number of nitrogens with zero attached hydrogens (tertiary/aromatic N) is 3. The Hall–Kier alpha value is -1.44. The van der Waals surface area contributed by atoms with Gasteiger partial charge in [0.15, 0.2) is 4.34 Å². The van der Waals surface area contributed by atoms with Gasteiger partial charge in [-0.1, -0.05) is 52.9 Å². The van der Waals surface area contributed by atoms with Gasteiger partial charge in [-0.05, 0) is 12.5 Å². The molecule has 18 heavy (non-hydrogen) atoms. The molecule has 0 saturated carbocycles. The van der Waals surface area contributed by atoms with Crippen molar-refractivity contribution in [2.24, 2.45) is 4.99 Å². The minimum atomic E-state index is 0.517. The summed E-state index contributed by atoms with van der Waals surface area (Å²) in [6.45, 7) is 2.07. The first kappa shape index (κ1) is 13.0. The Morgan fingerprint density at radius 2 is 2.17 bits per heavy atom. The molecule has 0 amide bonds. The second kappa shape index (κ2) is 6.48. The zero-order valence-electron chi connectivity index (χ0n) is 9.70. The Morgan fingerprint density at radius 3 is 2.89 bits per heavy atom. The van der Waals surface area contributed by atoms with E-state index in [0.717, 1.165) is 16.4 Å². The molecule has 0 spiro atoms. The quantitative estimate of drug-likeness (QED) is 0.381. The van der Waals surface area contributed by atoms with Gasteiger partial charge in [0.2, 0.25) is 5.13 Å². The number of hydrogen-bond acceptors (Lipinski definition) is 6. The number of aromatic nitrogens is 2. The molecule has 7 heteroatoms. The standard InChI is InChI=1S/C11H12N4OS2/c1-8-2-4-9(5-3-8)6-17-11-15-14-10(18-11)12-7-13-16/h2-5,7,16H,6H2,1H3,(H,12,13,14). The molecule has 2 aromatic rings. The van der Waals surface area contributed by atoms with Crippen molar-refractivity contribution >= 4 is 34.6 Å². The summed E-state index contributed by atoms with van der Waals surface area (Å²) in [6, 6.07) is 8.41. The van der Waals surface area contributed by atoms with Crippen LogP contribution in [0.1, 0.15) is 11.1 Å². The highest BCUT2D eigenvalue weighted by Gasteiger charge is 2.03. The van der Waals surface area contributed by atoms with Crippen molar-refractivity contribution in [2.75, 3.05) is 0 Å². The topological polar surface area (TPSA) is 70.4 Å². The van der Waals surface area contributed by atoms with E-state index < -0.39 is 0 Å². The molecule has 1 aromatic heterocycles. The zero-order chi connectivity index (χ0) is 12.8. The van der Waals surface area contributed by atoms with Crippen molar-refractivity contribution in [3.05, 3.63) is 35.4 Å². The van der Waals surface area contributed by atoms with Crippen LogP contribution < -0.4 is 5.48 Å². The van der Waals surface area contributed by atoms with Crippen molar-refractivity contribution < 1.29 is 5.21 Å². The van der Waals surface area contributed by atoms with Gasteiger partial charge in [-0.25, -0.2) is 4.99 Å². The first-order valence-electron chi connectivity index (χ1n) is 5.22. The number of rotatable bonds is 5. The van der Waals surface area contributed by atoms with Gasteiger partial charge in [0.25, 0.3) is 0 Å². The smallest absolute Gasteiger partial charge is 0.233 e. The number of aliphatic imine (C=N–C) groups is 1. The molecule has 0 bridgehead atoms. The molecule has 0 saturated heterocycles. The molecule has 0 atom stereocenters. The number of aryl methyl sites for hydroxylation is 1. The van der Waals surface area contributed by atoms with Crippen LogP contribution >= 0.6 is 23.1 Å². The summed E-state index contributed by atoms with van der Waals surface area (Å²) in [6.07, 6.45) is 1.16. The lowest BCUT2D eigenvalue weighted by Crippen LogP contribution is -2.00. The van der Waals surface area contributed by atoms with Crippen molar-refractivity contribution in [2.45, 2.75) is 17.0 Å². The summed E-state index contributed by atoms with van der Waals surface area (Å²) in [5.41, 5.74) is 4.34. The summed E-state index contributed by atoms with van der Waals surface area (Å²) in [4.78, 5) is 3.86. The molecule has 2 N–H and O–H groups in total. The molecule has 0 aliphatic carbocycles. The van der Waals surface area contributed by atoms with E-state index in [9.17, 15) is 0 Å². The fourth-order valence-corrected chi connectivity index (χ4v) is 2.87. The highest BCUT2D eigenvalue weighted by atomic mass is 32.2. The average Bonchev–Trinajstić information content (AvgIpc) is 2.84. The lowest BCUT2D eigenvalue weighted by atomic mass is 10.2. The SMILES string of the molecule is Cc1ccc(CSc2nnc(N=CNO)s2)cc1. The predicted octanol–water partition coefficient (Wildman–Crippen LogP) is 2.78. The van der Waals surface area contributed by atoms with Crippen LogP contribution in [-0.4, -0.2) is 21.7 Å². The maximum absolute atomic E-state index is 8.36. The monoisotopic (exact) mass is 280 g/mol. The van der Waals surface area contributed by atoms with E-state index in [-0.39, 0.29) is 0 Å². The van der Waals surface area contributed by atoms with Gasteiger partial charge < -0.3 is 0 Å². The number of hydroxylamine groups is 1. The van der Waals surface area contributed by atoms with Crippen LogP contribution in [0.2, 0.25) is 0 Å². The van der Waals surface area contributed by atoms with Crippen molar-refractivity contribution in [1.82, 2.24) is 15.7 Å². The first-order chi connectivity index (χ1) is 8.78. The fourth-order valence-electron chi connectivity index (χ4n) is 1.23. The zero-order valence-corrected chi connectivity index (χ0v) is 11.3. The van der Waals surface area contributed by atoms with E-state index in [1.807, 2.05) is 5.48 Å². The van der Waals surface area contributed by atoms with Crippen LogP contribution in [0.3, 0.4) is 0 Å². The van der Waals surface area contributed by atoms with Gasteiger partial charge >= 0.3 is 0 Å². The van der Waals surface area contributed by atoms with Crippen molar-refractivity contribution in [1.29, 1.82) is 0 Å². The summed E-state index contributed by atoms with van der Waals surface area (Å²) in [7, 11) is 0. The summed E-state index contributed by atoms with van der Waals surface area (Å²) < 4.78 is 0.862. The van der Waals surface area contributed by atoms with Gasteiger partial charge in [-0.3, -0.25) is 10.7 Å². The third-order valence-corrected chi connectivity index (χ3v) is 4.15. The number of thioether (sulfide) groups is 1. The Bertz CT molecular complexity index is 524. The Balaban J connectivity index is 1.92. The minimum absolute atomic E-state index is 0.517. The number of benzene rings is 1. The van der Waals surface area contributed by atoms with Crippen LogP contribution in [-0.2, 0) is 5.75 Å². The molecule has 0 radical (unpaired) electrons. The molecule has 0 fully saturated rings. The third-order valence-electron chi connectivity index (χ3n) is 2.11. The summed E-state index contributed by atoms with van der Waals surface area (Å²) in [5, 5.41) is 16.8. The molecular formula is C11H12N4OS2. The van der Waals surface area contributed by atoms with E-state index in [2.05, 4.69) is 46.4 Å². The second-order valence-corrected chi connectivity index (χ2v) is 5.69. The normalized spacial score (nSPS) is 11.0. The molecule has 5 nitrogen and oxygen atoms in total. The Morgan fingerprint density at radius 1 is 1.39 bits per heavy atom. The summed E-state index contributed by atoms with van der Waals surface area (Å²) >= 11 is 3.01. The van der Waals surface area contributed by atoms with Crippen LogP contribution in [0.5, 0.6) is 0 Å². The molecule has 1 aromatic carbocycles. The molecular weight excluding hydrogens is 268 g/mol. The number of hydrogen-bond donors (Lipinski definition) is 2. The van der Waals surface area contributed by atoms with Crippen LogP contribution in [0.25, 0.3) is 0 Å². The van der Waals surface area contributed by atoms with Gasteiger partial charge in [0.1, 0.15) is 6.34 Å².